The minimum absolute atomic E-state index is 0.736. The smallest absolute Gasteiger partial charge is 0.175 e. The SMILES string of the molecule is Cc1cc(C)n(-c2nc(C)nc3c2sc2nc4c(c(-c5ccc(Cl)cc5)c23)CCCC4)n1. The minimum Gasteiger partial charge on any atom is -0.242 e. The molecule has 0 spiro atoms. The summed E-state index contributed by atoms with van der Waals surface area (Å²) < 4.78 is 2.96. The highest BCUT2D eigenvalue weighted by Gasteiger charge is 2.25. The summed E-state index contributed by atoms with van der Waals surface area (Å²) >= 11 is 7.89. The zero-order valence-corrected chi connectivity index (χ0v) is 19.8. The molecule has 4 heterocycles. The number of pyridine rings is 1. The van der Waals surface area contributed by atoms with Crippen molar-refractivity contribution in [2.75, 3.05) is 0 Å². The highest BCUT2D eigenvalue weighted by Crippen LogP contribution is 2.44. The predicted octanol–water partition coefficient (Wildman–Crippen LogP) is 6.55. The number of aryl methyl sites for hydroxylation is 4. The van der Waals surface area contributed by atoms with Crippen molar-refractivity contribution in [2.24, 2.45) is 0 Å². The number of aromatic nitrogens is 5. The number of thiophene rings is 1. The molecule has 32 heavy (non-hydrogen) atoms. The van der Waals surface area contributed by atoms with Crippen LogP contribution >= 0.6 is 22.9 Å². The number of halogens is 1. The molecule has 0 fully saturated rings. The number of nitrogens with zero attached hydrogens (tertiary/aromatic N) is 5. The number of fused-ring (bicyclic) bond motifs is 4. The van der Waals surface area contributed by atoms with Crippen LogP contribution in [0.1, 0.15) is 41.3 Å². The van der Waals surface area contributed by atoms with Crippen LogP contribution < -0.4 is 0 Å². The molecule has 0 N–H and O–H groups in total. The Kier molecular flexibility index (Phi) is 4.56. The average molecular weight is 460 g/mol. The molecule has 0 saturated heterocycles. The summed E-state index contributed by atoms with van der Waals surface area (Å²) in [7, 11) is 0. The zero-order valence-electron chi connectivity index (χ0n) is 18.2. The van der Waals surface area contributed by atoms with Crippen molar-refractivity contribution in [1.82, 2.24) is 24.7 Å². The molecular weight excluding hydrogens is 438 g/mol. The Balaban J connectivity index is 1.76. The van der Waals surface area contributed by atoms with E-state index >= 15 is 0 Å². The van der Waals surface area contributed by atoms with Crippen LogP contribution in [-0.4, -0.2) is 24.7 Å². The first-order valence-electron chi connectivity index (χ1n) is 10.9. The molecule has 0 saturated carbocycles. The second-order valence-electron chi connectivity index (χ2n) is 8.52. The van der Waals surface area contributed by atoms with Gasteiger partial charge in [0.15, 0.2) is 5.82 Å². The Hall–Kier alpha value is -2.83. The lowest BCUT2D eigenvalue weighted by Crippen LogP contribution is -2.07. The van der Waals surface area contributed by atoms with Crippen LogP contribution in [0.2, 0.25) is 5.02 Å². The zero-order chi connectivity index (χ0) is 22.0. The molecule has 4 aromatic heterocycles. The van der Waals surface area contributed by atoms with Crippen molar-refractivity contribution in [3.8, 4) is 16.9 Å². The summed E-state index contributed by atoms with van der Waals surface area (Å²) in [6, 6.07) is 10.2. The topological polar surface area (TPSA) is 56.5 Å². The first kappa shape index (κ1) is 19.8. The van der Waals surface area contributed by atoms with E-state index in [0.29, 0.717) is 0 Å². The third-order valence-electron chi connectivity index (χ3n) is 6.18. The molecule has 5 aromatic rings. The van der Waals surface area contributed by atoms with E-state index in [1.54, 1.807) is 11.3 Å². The van der Waals surface area contributed by atoms with Crippen LogP contribution in [0.4, 0.5) is 0 Å². The number of rotatable bonds is 2. The van der Waals surface area contributed by atoms with Gasteiger partial charge >= 0.3 is 0 Å². The van der Waals surface area contributed by atoms with E-state index in [-0.39, 0.29) is 0 Å². The number of hydrogen-bond acceptors (Lipinski definition) is 5. The minimum atomic E-state index is 0.736. The Bertz CT molecular complexity index is 1510. The van der Waals surface area contributed by atoms with Gasteiger partial charge in [0.1, 0.15) is 15.4 Å². The van der Waals surface area contributed by atoms with Crippen molar-refractivity contribution in [1.29, 1.82) is 0 Å². The summed E-state index contributed by atoms with van der Waals surface area (Å²) in [6.07, 6.45) is 4.44. The maximum absolute atomic E-state index is 6.22. The maximum Gasteiger partial charge on any atom is 0.175 e. The second-order valence-corrected chi connectivity index (χ2v) is 9.95. The fourth-order valence-electron chi connectivity index (χ4n) is 4.84. The molecule has 0 bridgehead atoms. The molecule has 6 rings (SSSR count). The van der Waals surface area contributed by atoms with Gasteiger partial charge in [-0.15, -0.1) is 11.3 Å². The van der Waals surface area contributed by atoms with Crippen LogP contribution in [-0.2, 0) is 12.8 Å². The van der Waals surface area contributed by atoms with Crippen molar-refractivity contribution in [2.45, 2.75) is 46.5 Å². The summed E-state index contributed by atoms with van der Waals surface area (Å²) in [5, 5.41) is 6.58. The second kappa shape index (κ2) is 7.36. The van der Waals surface area contributed by atoms with Crippen LogP contribution in [0.15, 0.2) is 30.3 Å². The van der Waals surface area contributed by atoms with E-state index in [1.807, 2.05) is 30.7 Å². The number of hydrogen-bond donors (Lipinski definition) is 0. The first-order chi connectivity index (χ1) is 15.5. The van der Waals surface area contributed by atoms with E-state index in [0.717, 1.165) is 61.3 Å². The van der Waals surface area contributed by atoms with Crippen LogP contribution in [0.3, 0.4) is 0 Å². The molecule has 1 aliphatic rings. The van der Waals surface area contributed by atoms with Crippen LogP contribution in [0, 0.1) is 20.8 Å². The average Bonchev–Trinajstić information content (AvgIpc) is 3.31. The van der Waals surface area contributed by atoms with Crippen LogP contribution in [0.25, 0.3) is 37.4 Å². The van der Waals surface area contributed by atoms with E-state index in [2.05, 4.69) is 25.1 Å². The molecule has 7 heteroatoms. The lowest BCUT2D eigenvalue weighted by molar-refractivity contribution is 0.673. The number of benzene rings is 1. The monoisotopic (exact) mass is 459 g/mol. The van der Waals surface area contributed by atoms with Crippen molar-refractivity contribution in [3.63, 3.8) is 0 Å². The summed E-state index contributed by atoms with van der Waals surface area (Å²) in [5.41, 5.74) is 8.00. The molecule has 1 aromatic carbocycles. The normalized spacial score (nSPS) is 13.8. The lowest BCUT2D eigenvalue weighted by atomic mass is 9.87. The van der Waals surface area contributed by atoms with E-state index in [9.17, 15) is 0 Å². The highest BCUT2D eigenvalue weighted by atomic mass is 35.5. The summed E-state index contributed by atoms with van der Waals surface area (Å²) in [4.78, 5) is 15.9. The maximum atomic E-state index is 6.22. The first-order valence-corrected chi connectivity index (χ1v) is 12.1. The van der Waals surface area contributed by atoms with Gasteiger partial charge in [0, 0.05) is 21.8 Å². The molecular formula is C25H22ClN5S. The molecule has 160 valence electrons. The predicted molar refractivity (Wildman–Crippen MR) is 131 cm³/mol. The van der Waals surface area contributed by atoms with Crippen LogP contribution in [0.5, 0.6) is 0 Å². The van der Waals surface area contributed by atoms with E-state index in [1.165, 1.54) is 35.2 Å². The van der Waals surface area contributed by atoms with Gasteiger partial charge in [-0.2, -0.15) is 5.10 Å². The Morgan fingerprint density at radius 1 is 0.969 bits per heavy atom. The van der Waals surface area contributed by atoms with E-state index in [4.69, 9.17) is 31.7 Å². The van der Waals surface area contributed by atoms with Crippen molar-refractivity contribution < 1.29 is 0 Å². The molecule has 0 radical (unpaired) electrons. The summed E-state index contributed by atoms with van der Waals surface area (Å²) in [5.74, 6) is 1.57. The van der Waals surface area contributed by atoms with Crippen molar-refractivity contribution in [3.05, 3.63) is 63.8 Å². The standard InChI is InChI=1S/C25H22ClN5S/c1-13-12-14(2)31(30-13)24-23-22(27-15(3)28-24)21-20(16-8-10-17(26)11-9-16)18-6-4-5-7-19(18)29-25(21)32-23/h8-12H,4-7H2,1-3H3. The quantitative estimate of drug-likeness (QED) is 0.300. The van der Waals surface area contributed by atoms with E-state index < -0.39 is 0 Å². The molecule has 1 aliphatic carbocycles. The molecule has 0 amide bonds. The van der Waals surface area contributed by atoms with Gasteiger partial charge in [0.05, 0.1) is 11.2 Å². The fraction of sp³-hybridized carbons (Fsp3) is 0.280. The van der Waals surface area contributed by atoms with Gasteiger partial charge in [-0.25, -0.2) is 19.6 Å². The van der Waals surface area contributed by atoms with Gasteiger partial charge in [-0.1, -0.05) is 23.7 Å². The van der Waals surface area contributed by atoms with Crippen molar-refractivity contribution >= 4 is 43.4 Å². The van der Waals surface area contributed by atoms with Gasteiger partial charge in [0.25, 0.3) is 0 Å². The summed E-state index contributed by atoms with van der Waals surface area (Å²) in [6.45, 7) is 6.02. The van der Waals surface area contributed by atoms with Gasteiger partial charge in [-0.05, 0) is 81.3 Å². The molecule has 0 aliphatic heterocycles. The third-order valence-corrected chi connectivity index (χ3v) is 7.50. The Morgan fingerprint density at radius 3 is 2.50 bits per heavy atom. The lowest BCUT2D eigenvalue weighted by Gasteiger charge is -2.20. The highest BCUT2D eigenvalue weighted by molar-refractivity contribution is 7.25. The van der Waals surface area contributed by atoms with Gasteiger partial charge in [-0.3, -0.25) is 0 Å². The molecule has 0 unspecified atom stereocenters. The Labute approximate surface area is 195 Å². The largest absolute Gasteiger partial charge is 0.242 e. The molecule has 5 nitrogen and oxygen atoms in total. The fourth-order valence-corrected chi connectivity index (χ4v) is 6.09. The van der Waals surface area contributed by atoms with Gasteiger partial charge in [0.2, 0.25) is 0 Å². The third kappa shape index (κ3) is 3.05. The van der Waals surface area contributed by atoms with Gasteiger partial charge < -0.3 is 0 Å². The molecule has 0 atom stereocenters. The Morgan fingerprint density at radius 2 is 1.75 bits per heavy atom.